The number of rotatable bonds is 2. The van der Waals surface area contributed by atoms with E-state index in [9.17, 15) is 5.11 Å². The third-order valence-corrected chi connectivity index (χ3v) is 2.84. The number of aliphatic hydroxyl groups excluding tert-OH is 1. The van der Waals surface area contributed by atoms with Crippen LogP contribution in [-0.4, -0.2) is 18.3 Å². The van der Waals surface area contributed by atoms with Crippen LogP contribution in [0.1, 0.15) is 18.4 Å². The lowest BCUT2D eigenvalue weighted by atomic mass is 9.89. The zero-order valence-corrected chi connectivity index (χ0v) is 7.66. The van der Waals surface area contributed by atoms with Crippen molar-refractivity contribution in [2.45, 2.75) is 18.4 Å². The monoisotopic (exact) mass is 177 g/mol. The molecule has 1 heterocycles. The van der Waals surface area contributed by atoms with Crippen molar-refractivity contribution in [1.82, 2.24) is 5.32 Å². The van der Waals surface area contributed by atoms with Crippen LogP contribution in [0.4, 0.5) is 0 Å². The molecular weight excluding hydrogens is 162 g/mol. The summed E-state index contributed by atoms with van der Waals surface area (Å²) in [6.07, 6.45) is 2.18. The average molecular weight is 177 g/mol. The van der Waals surface area contributed by atoms with Crippen molar-refractivity contribution in [3.05, 3.63) is 35.9 Å². The van der Waals surface area contributed by atoms with Crippen molar-refractivity contribution in [1.29, 1.82) is 0 Å². The lowest BCUT2D eigenvalue weighted by molar-refractivity contribution is 0.178. The summed E-state index contributed by atoms with van der Waals surface area (Å²) >= 11 is 0. The molecule has 13 heavy (non-hydrogen) atoms. The van der Waals surface area contributed by atoms with Crippen LogP contribution in [-0.2, 0) is 5.54 Å². The highest BCUT2D eigenvalue weighted by atomic mass is 16.3. The number of benzene rings is 1. The predicted octanol–water partition coefficient (Wildman–Crippen LogP) is 1.26. The molecule has 0 saturated carbocycles. The maximum absolute atomic E-state index is 9.41. The first kappa shape index (κ1) is 8.73. The van der Waals surface area contributed by atoms with E-state index in [0.717, 1.165) is 19.4 Å². The molecule has 0 radical (unpaired) electrons. The highest BCUT2D eigenvalue weighted by Crippen LogP contribution is 2.29. The van der Waals surface area contributed by atoms with Crippen LogP contribution in [0.15, 0.2) is 30.3 Å². The summed E-state index contributed by atoms with van der Waals surface area (Å²) < 4.78 is 0. The summed E-state index contributed by atoms with van der Waals surface area (Å²) in [6.45, 7) is 1.20. The summed E-state index contributed by atoms with van der Waals surface area (Å²) in [5.41, 5.74) is 1.04. The Bertz CT molecular complexity index is 265. The van der Waals surface area contributed by atoms with Crippen LogP contribution in [0.2, 0.25) is 0 Å². The van der Waals surface area contributed by atoms with Gasteiger partial charge in [-0.25, -0.2) is 0 Å². The predicted molar refractivity (Wildman–Crippen MR) is 52.4 cm³/mol. The molecule has 0 unspecified atom stereocenters. The van der Waals surface area contributed by atoms with E-state index in [1.807, 2.05) is 18.2 Å². The lowest BCUT2D eigenvalue weighted by Gasteiger charge is -2.27. The van der Waals surface area contributed by atoms with Gasteiger partial charge in [-0.3, -0.25) is 0 Å². The van der Waals surface area contributed by atoms with Gasteiger partial charge in [0.2, 0.25) is 0 Å². The Morgan fingerprint density at radius 1 is 1.31 bits per heavy atom. The van der Waals surface area contributed by atoms with Gasteiger partial charge in [0.05, 0.1) is 12.1 Å². The van der Waals surface area contributed by atoms with E-state index in [0.29, 0.717) is 0 Å². The van der Waals surface area contributed by atoms with Gasteiger partial charge in [-0.15, -0.1) is 0 Å². The molecule has 70 valence electrons. The van der Waals surface area contributed by atoms with Crippen LogP contribution in [0.25, 0.3) is 0 Å². The molecule has 1 aliphatic rings. The van der Waals surface area contributed by atoms with Gasteiger partial charge in [0.15, 0.2) is 0 Å². The molecule has 1 aliphatic heterocycles. The topological polar surface area (TPSA) is 32.3 Å². The highest BCUT2D eigenvalue weighted by Gasteiger charge is 2.33. The van der Waals surface area contributed by atoms with Crippen molar-refractivity contribution >= 4 is 0 Å². The van der Waals surface area contributed by atoms with Gasteiger partial charge < -0.3 is 10.4 Å². The maximum atomic E-state index is 9.41. The van der Waals surface area contributed by atoms with Gasteiger partial charge in [0, 0.05) is 0 Å². The lowest BCUT2D eigenvalue weighted by Crippen LogP contribution is -2.40. The summed E-state index contributed by atoms with van der Waals surface area (Å²) in [5, 5.41) is 12.8. The Morgan fingerprint density at radius 2 is 2.08 bits per heavy atom. The Labute approximate surface area is 78.6 Å². The van der Waals surface area contributed by atoms with E-state index in [-0.39, 0.29) is 12.1 Å². The third-order valence-electron chi connectivity index (χ3n) is 2.84. The fourth-order valence-corrected chi connectivity index (χ4v) is 2.04. The molecule has 0 bridgehead atoms. The minimum Gasteiger partial charge on any atom is -0.394 e. The Morgan fingerprint density at radius 3 is 2.62 bits per heavy atom. The molecule has 0 aromatic heterocycles. The molecule has 2 N–H and O–H groups in total. The maximum Gasteiger partial charge on any atom is 0.0669 e. The highest BCUT2D eigenvalue weighted by molar-refractivity contribution is 5.25. The Hall–Kier alpha value is -0.860. The number of hydrogen-bond donors (Lipinski definition) is 2. The number of aliphatic hydroxyl groups is 1. The van der Waals surface area contributed by atoms with Crippen LogP contribution in [0.5, 0.6) is 0 Å². The van der Waals surface area contributed by atoms with Crippen LogP contribution >= 0.6 is 0 Å². The van der Waals surface area contributed by atoms with E-state index in [1.165, 1.54) is 5.56 Å². The largest absolute Gasteiger partial charge is 0.394 e. The third kappa shape index (κ3) is 1.47. The van der Waals surface area contributed by atoms with Crippen molar-refractivity contribution < 1.29 is 5.11 Å². The second kappa shape index (κ2) is 3.48. The van der Waals surface area contributed by atoms with Crippen molar-refractivity contribution in [2.75, 3.05) is 13.2 Å². The molecule has 1 atom stereocenters. The first-order valence-electron chi connectivity index (χ1n) is 4.79. The Kier molecular flexibility index (Phi) is 2.34. The van der Waals surface area contributed by atoms with Crippen LogP contribution in [0.3, 0.4) is 0 Å². The quantitative estimate of drug-likeness (QED) is 0.712. The van der Waals surface area contributed by atoms with Gasteiger partial charge in [-0.2, -0.15) is 0 Å². The van der Waals surface area contributed by atoms with Gasteiger partial charge in [0.25, 0.3) is 0 Å². The molecule has 1 saturated heterocycles. The zero-order chi connectivity index (χ0) is 9.15. The molecule has 2 heteroatoms. The molecule has 1 aromatic carbocycles. The van der Waals surface area contributed by atoms with Gasteiger partial charge in [-0.05, 0) is 24.9 Å². The van der Waals surface area contributed by atoms with Gasteiger partial charge >= 0.3 is 0 Å². The molecule has 0 spiro atoms. The molecular formula is C11H15NO. The van der Waals surface area contributed by atoms with E-state index in [2.05, 4.69) is 17.4 Å². The average Bonchev–Trinajstić information content (AvgIpc) is 2.69. The fraction of sp³-hybridized carbons (Fsp3) is 0.455. The molecule has 0 aliphatic carbocycles. The van der Waals surface area contributed by atoms with E-state index < -0.39 is 0 Å². The number of hydrogen-bond acceptors (Lipinski definition) is 2. The molecule has 1 fully saturated rings. The SMILES string of the molecule is OC[C@]1(c2ccccc2)CCCN1. The summed E-state index contributed by atoms with van der Waals surface area (Å²) in [5.74, 6) is 0. The molecule has 1 aromatic rings. The number of nitrogens with one attached hydrogen (secondary N) is 1. The Balaban J connectivity index is 2.31. The summed E-state index contributed by atoms with van der Waals surface area (Å²) in [4.78, 5) is 0. The first-order chi connectivity index (χ1) is 6.37. The fourth-order valence-electron chi connectivity index (χ4n) is 2.04. The van der Waals surface area contributed by atoms with Crippen molar-refractivity contribution in [3.63, 3.8) is 0 Å². The standard InChI is InChI=1S/C11H15NO/c13-9-11(7-4-8-12-11)10-5-2-1-3-6-10/h1-3,5-6,12-13H,4,7-9H2/t11-/m0/s1. The van der Waals surface area contributed by atoms with Gasteiger partial charge in [0.1, 0.15) is 0 Å². The molecule has 0 amide bonds. The van der Waals surface area contributed by atoms with Crippen molar-refractivity contribution in [3.8, 4) is 0 Å². The minimum atomic E-state index is -0.165. The smallest absolute Gasteiger partial charge is 0.0669 e. The van der Waals surface area contributed by atoms with E-state index in [1.54, 1.807) is 0 Å². The first-order valence-corrected chi connectivity index (χ1v) is 4.79. The normalized spacial score (nSPS) is 27.8. The second-order valence-electron chi connectivity index (χ2n) is 3.64. The molecule has 2 rings (SSSR count). The minimum absolute atomic E-state index is 0.165. The van der Waals surface area contributed by atoms with Crippen LogP contribution in [0, 0.1) is 0 Å². The van der Waals surface area contributed by atoms with Gasteiger partial charge in [-0.1, -0.05) is 30.3 Å². The molecule has 2 nitrogen and oxygen atoms in total. The second-order valence-corrected chi connectivity index (χ2v) is 3.64. The van der Waals surface area contributed by atoms with Crippen LogP contribution < -0.4 is 5.32 Å². The van der Waals surface area contributed by atoms with Crippen molar-refractivity contribution in [2.24, 2.45) is 0 Å². The van der Waals surface area contributed by atoms with E-state index >= 15 is 0 Å². The summed E-state index contributed by atoms with van der Waals surface area (Å²) in [6, 6.07) is 10.2. The summed E-state index contributed by atoms with van der Waals surface area (Å²) in [7, 11) is 0. The van der Waals surface area contributed by atoms with E-state index in [4.69, 9.17) is 0 Å². The zero-order valence-electron chi connectivity index (χ0n) is 7.66.